The maximum Gasteiger partial charge on any atom is 0.185 e. The number of guanidine groups is 2. The molecule has 0 saturated heterocycles. The Morgan fingerprint density at radius 2 is 1.38 bits per heavy atom. The summed E-state index contributed by atoms with van der Waals surface area (Å²) in [5.74, 6) is -0.122. The summed E-state index contributed by atoms with van der Waals surface area (Å²) in [4.78, 5) is 3.91. The first-order valence-corrected chi connectivity index (χ1v) is 5.65. The van der Waals surface area contributed by atoms with E-state index in [9.17, 15) is 0 Å². The molecule has 6 nitrogen and oxygen atoms in total. The van der Waals surface area contributed by atoms with Crippen molar-refractivity contribution in [3.8, 4) is 0 Å². The molecule has 0 atom stereocenters. The Kier molecular flexibility index (Phi) is 14.3. The van der Waals surface area contributed by atoms with Crippen molar-refractivity contribution in [1.29, 1.82) is 5.41 Å². The van der Waals surface area contributed by atoms with Crippen LogP contribution in [0.1, 0.15) is 45.4 Å². The van der Waals surface area contributed by atoms with Crippen molar-refractivity contribution in [1.82, 2.24) is 0 Å². The quantitative estimate of drug-likeness (QED) is 0.246. The highest BCUT2D eigenvalue weighted by atomic mass is 15.0. The Morgan fingerprint density at radius 3 is 1.81 bits per heavy atom. The monoisotopic (exact) mass is 230 g/mol. The molecule has 0 aliphatic carbocycles. The normalized spacial score (nSPS) is 8.81. The maximum atomic E-state index is 6.06. The number of unbranched alkanes of at least 4 members (excludes halogenated alkanes) is 5. The van der Waals surface area contributed by atoms with Gasteiger partial charge in [0.15, 0.2) is 11.9 Å². The lowest BCUT2D eigenvalue weighted by Gasteiger charge is -1.97. The number of nitrogens with zero attached hydrogens (tertiary/aromatic N) is 1. The van der Waals surface area contributed by atoms with E-state index in [4.69, 9.17) is 16.9 Å². The topological polar surface area (TPSA) is 140 Å². The summed E-state index contributed by atoms with van der Waals surface area (Å²) in [7, 11) is 0. The summed E-state index contributed by atoms with van der Waals surface area (Å²) in [5, 5.41) is 6.06. The number of hydrogen-bond acceptors (Lipinski definition) is 2. The molecule has 9 N–H and O–H groups in total. The second kappa shape index (κ2) is 13.5. The Balaban J connectivity index is 0. The molecule has 0 radical (unpaired) electrons. The van der Waals surface area contributed by atoms with E-state index < -0.39 is 0 Å². The van der Waals surface area contributed by atoms with Crippen LogP contribution in [-0.2, 0) is 0 Å². The fourth-order valence-electron chi connectivity index (χ4n) is 1.10. The van der Waals surface area contributed by atoms with E-state index in [0.29, 0.717) is 0 Å². The average molecular weight is 230 g/mol. The van der Waals surface area contributed by atoms with E-state index in [1.54, 1.807) is 0 Å². The number of hydrogen-bond donors (Lipinski definition) is 5. The van der Waals surface area contributed by atoms with Crippen LogP contribution in [-0.4, -0.2) is 18.5 Å². The van der Waals surface area contributed by atoms with Crippen LogP contribution in [0, 0.1) is 5.41 Å². The predicted molar refractivity (Wildman–Crippen MR) is 70.2 cm³/mol. The summed E-state index contributed by atoms with van der Waals surface area (Å²) in [6.45, 7) is 3.01. The lowest BCUT2D eigenvalue weighted by Crippen LogP contribution is -2.22. The van der Waals surface area contributed by atoms with Crippen molar-refractivity contribution in [2.75, 3.05) is 6.54 Å². The second-order valence-electron chi connectivity index (χ2n) is 3.53. The Bertz CT molecular complexity index is 182. The van der Waals surface area contributed by atoms with Gasteiger partial charge in [-0.1, -0.05) is 39.0 Å². The minimum atomic E-state index is -0.333. The molecule has 0 aromatic carbocycles. The summed E-state index contributed by atoms with van der Waals surface area (Å²) >= 11 is 0. The van der Waals surface area contributed by atoms with Crippen LogP contribution in [0.2, 0.25) is 0 Å². The van der Waals surface area contributed by atoms with E-state index in [1.807, 2.05) is 0 Å². The van der Waals surface area contributed by atoms with Crippen molar-refractivity contribution in [2.45, 2.75) is 45.4 Å². The third kappa shape index (κ3) is 29.4. The van der Waals surface area contributed by atoms with Gasteiger partial charge in [0.1, 0.15) is 0 Å². The van der Waals surface area contributed by atoms with Crippen molar-refractivity contribution in [3.63, 3.8) is 0 Å². The first-order valence-electron chi connectivity index (χ1n) is 5.65. The van der Waals surface area contributed by atoms with E-state index in [-0.39, 0.29) is 11.9 Å². The molecular weight excluding hydrogens is 204 g/mol. The minimum Gasteiger partial charge on any atom is -0.370 e. The Morgan fingerprint density at radius 1 is 0.938 bits per heavy atom. The number of nitrogens with two attached hydrogens (primary N) is 4. The molecule has 0 amide bonds. The lowest BCUT2D eigenvalue weighted by atomic mass is 10.1. The molecule has 0 heterocycles. The van der Waals surface area contributed by atoms with Gasteiger partial charge < -0.3 is 22.9 Å². The molecular formula is C10H26N6. The standard InChI is InChI=1S/C9H21N3.CH5N3/c1-2-3-4-5-6-7-8-12-9(10)11;2-1(3)4/h2-8H2,1H3,(H4,10,11,12);(H5,2,3,4). The summed E-state index contributed by atoms with van der Waals surface area (Å²) < 4.78 is 0. The first kappa shape index (κ1) is 17.0. The van der Waals surface area contributed by atoms with Gasteiger partial charge in [0.25, 0.3) is 0 Å². The molecule has 0 rings (SSSR count). The maximum absolute atomic E-state index is 6.06. The van der Waals surface area contributed by atoms with Crippen LogP contribution in [0.3, 0.4) is 0 Å². The van der Waals surface area contributed by atoms with Gasteiger partial charge in [0.05, 0.1) is 0 Å². The zero-order valence-electron chi connectivity index (χ0n) is 10.2. The third-order valence-corrected chi connectivity index (χ3v) is 1.81. The fourth-order valence-corrected chi connectivity index (χ4v) is 1.10. The van der Waals surface area contributed by atoms with Crippen molar-refractivity contribution < 1.29 is 0 Å². The molecule has 0 aromatic heterocycles. The lowest BCUT2D eigenvalue weighted by molar-refractivity contribution is 0.612. The molecule has 6 heteroatoms. The van der Waals surface area contributed by atoms with Gasteiger partial charge in [-0.2, -0.15) is 0 Å². The van der Waals surface area contributed by atoms with Gasteiger partial charge in [0.2, 0.25) is 0 Å². The molecule has 0 aliphatic heterocycles. The summed E-state index contributed by atoms with van der Waals surface area (Å²) in [6, 6.07) is 0. The molecule has 0 unspecified atom stereocenters. The highest BCUT2D eigenvalue weighted by Gasteiger charge is 1.88. The number of nitrogens with one attached hydrogen (secondary N) is 1. The molecule has 0 aliphatic rings. The largest absolute Gasteiger partial charge is 0.370 e. The van der Waals surface area contributed by atoms with Crippen LogP contribution in [0.4, 0.5) is 0 Å². The predicted octanol–water partition coefficient (Wildman–Crippen LogP) is 0.459. The molecule has 96 valence electrons. The van der Waals surface area contributed by atoms with Crippen LogP contribution in [0.5, 0.6) is 0 Å². The van der Waals surface area contributed by atoms with Crippen LogP contribution in [0.25, 0.3) is 0 Å². The SMILES string of the molecule is CCCCCCCCN=C(N)N.N=C(N)N. The van der Waals surface area contributed by atoms with E-state index in [0.717, 1.165) is 13.0 Å². The minimum absolute atomic E-state index is 0.212. The molecule has 0 bridgehead atoms. The smallest absolute Gasteiger partial charge is 0.185 e. The van der Waals surface area contributed by atoms with E-state index in [1.165, 1.54) is 32.1 Å². The average Bonchev–Trinajstić information content (AvgIpc) is 2.15. The van der Waals surface area contributed by atoms with Gasteiger partial charge in [-0.15, -0.1) is 0 Å². The molecule has 0 aromatic rings. The van der Waals surface area contributed by atoms with Crippen LogP contribution < -0.4 is 22.9 Å². The number of rotatable bonds is 7. The third-order valence-electron chi connectivity index (χ3n) is 1.81. The van der Waals surface area contributed by atoms with Crippen molar-refractivity contribution >= 4 is 11.9 Å². The van der Waals surface area contributed by atoms with Crippen LogP contribution in [0.15, 0.2) is 4.99 Å². The van der Waals surface area contributed by atoms with Gasteiger partial charge >= 0.3 is 0 Å². The highest BCUT2D eigenvalue weighted by molar-refractivity contribution is 5.75. The second-order valence-corrected chi connectivity index (χ2v) is 3.53. The van der Waals surface area contributed by atoms with Crippen molar-refractivity contribution in [3.05, 3.63) is 0 Å². The zero-order chi connectivity index (χ0) is 12.8. The Labute approximate surface area is 98.0 Å². The van der Waals surface area contributed by atoms with Gasteiger partial charge in [-0.3, -0.25) is 10.4 Å². The van der Waals surface area contributed by atoms with E-state index >= 15 is 0 Å². The number of aliphatic imine (C=N–C) groups is 1. The molecule has 0 fully saturated rings. The van der Waals surface area contributed by atoms with Crippen LogP contribution >= 0.6 is 0 Å². The summed E-state index contributed by atoms with van der Waals surface area (Å²) in [5.41, 5.74) is 19.3. The Hall–Kier alpha value is -1.46. The van der Waals surface area contributed by atoms with Crippen molar-refractivity contribution in [2.24, 2.45) is 27.9 Å². The fraction of sp³-hybridized carbons (Fsp3) is 0.800. The van der Waals surface area contributed by atoms with Gasteiger partial charge in [-0.05, 0) is 6.42 Å². The van der Waals surface area contributed by atoms with E-state index in [2.05, 4.69) is 23.4 Å². The van der Waals surface area contributed by atoms with Gasteiger partial charge in [-0.25, -0.2) is 0 Å². The highest BCUT2D eigenvalue weighted by Crippen LogP contribution is 2.04. The molecule has 16 heavy (non-hydrogen) atoms. The van der Waals surface area contributed by atoms with Gasteiger partial charge in [0, 0.05) is 6.54 Å². The molecule has 0 saturated carbocycles. The first-order chi connectivity index (χ1) is 7.50. The molecule has 0 spiro atoms. The zero-order valence-corrected chi connectivity index (χ0v) is 10.2. The summed E-state index contributed by atoms with van der Waals surface area (Å²) in [6.07, 6.45) is 7.67.